The number of benzene rings is 2. The lowest BCUT2D eigenvalue weighted by Crippen LogP contribution is -2.19. The molecule has 0 amide bonds. The summed E-state index contributed by atoms with van der Waals surface area (Å²) in [6, 6.07) is 14.2. The predicted octanol–water partition coefficient (Wildman–Crippen LogP) is 2.36. The number of fused-ring (bicyclic) bond motifs is 1. The van der Waals surface area contributed by atoms with Crippen LogP contribution in [0.1, 0.15) is 0 Å². The van der Waals surface area contributed by atoms with Crippen LogP contribution in [0.25, 0.3) is 10.8 Å². The van der Waals surface area contributed by atoms with Crippen molar-refractivity contribution >= 4 is 23.5 Å². The first kappa shape index (κ1) is 9.09. The Labute approximate surface area is 83.7 Å². The van der Waals surface area contributed by atoms with Crippen molar-refractivity contribution in [1.82, 2.24) is 0 Å². The zero-order valence-corrected chi connectivity index (χ0v) is 8.07. The highest BCUT2D eigenvalue weighted by Gasteiger charge is 2.02. The summed E-state index contributed by atoms with van der Waals surface area (Å²) in [4.78, 5) is 0. The summed E-state index contributed by atoms with van der Waals surface area (Å²) in [6.45, 7) is 1.70. The maximum atomic E-state index is 9.17. The Morgan fingerprint density at radius 3 is 2.50 bits per heavy atom. The second-order valence-corrected chi connectivity index (χ2v) is 3.38. The molecule has 2 aromatic rings. The van der Waals surface area contributed by atoms with Crippen LogP contribution in [0.2, 0.25) is 6.82 Å². The van der Waals surface area contributed by atoms with Crippen LogP contribution in [0, 0.1) is 0 Å². The molecule has 0 aliphatic rings. The molecule has 0 saturated heterocycles. The SMILES string of the molecule is CB(O)Nc1ccc2ccccc2c1. The molecular formula is C11H12BNO. The number of hydrogen-bond donors (Lipinski definition) is 2. The van der Waals surface area contributed by atoms with E-state index < -0.39 is 7.05 Å². The van der Waals surface area contributed by atoms with Crippen LogP contribution in [-0.2, 0) is 0 Å². The molecule has 2 N–H and O–H groups in total. The molecule has 0 fully saturated rings. The van der Waals surface area contributed by atoms with Gasteiger partial charge in [0, 0.05) is 5.69 Å². The van der Waals surface area contributed by atoms with E-state index in [9.17, 15) is 0 Å². The van der Waals surface area contributed by atoms with Gasteiger partial charge in [-0.2, -0.15) is 0 Å². The average Bonchev–Trinajstić information content (AvgIpc) is 2.17. The van der Waals surface area contributed by atoms with E-state index in [0.29, 0.717) is 0 Å². The van der Waals surface area contributed by atoms with Gasteiger partial charge in [-0.1, -0.05) is 30.3 Å². The molecule has 2 rings (SSSR count). The van der Waals surface area contributed by atoms with E-state index >= 15 is 0 Å². The van der Waals surface area contributed by atoms with E-state index in [2.05, 4.69) is 17.4 Å². The monoisotopic (exact) mass is 185 g/mol. The van der Waals surface area contributed by atoms with Crippen molar-refractivity contribution < 1.29 is 5.02 Å². The van der Waals surface area contributed by atoms with E-state index in [1.165, 1.54) is 10.8 Å². The third-order valence-corrected chi connectivity index (χ3v) is 2.13. The second kappa shape index (κ2) is 3.72. The highest BCUT2D eigenvalue weighted by Crippen LogP contribution is 2.18. The van der Waals surface area contributed by atoms with Gasteiger partial charge < -0.3 is 10.3 Å². The van der Waals surface area contributed by atoms with Crippen molar-refractivity contribution in [2.24, 2.45) is 0 Å². The Bertz CT molecular complexity index is 442. The molecule has 0 aliphatic heterocycles. The zero-order chi connectivity index (χ0) is 9.97. The maximum Gasteiger partial charge on any atom is 0.406 e. The van der Waals surface area contributed by atoms with Gasteiger partial charge in [0.2, 0.25) is 0 Å². The lowest BCUT2D eigenvalue weighted by atomic mass is 9.88. The van der Waals surface area contributed by atoms with Gasteiger partial charge in [-0.15, -0.1) is 0 Å². The first-order chi connectivity index (χ1) is 6.75. The number of nitrogens with one attached hydrogen (secondary N) is 1. The molecule has 0 heterocycles. The average molecular weight is 185 g/mol. The molecule has 3 heteroatoms. The third kappa shape index (κ3) is 1.88. The van der Waals surface area contributed by atoms with Crippen molar-refractivity contribution in [3.05, 3.63) is 42.5 Å². The van der Waals surface area contributed by atoms with Gasteiger partial charge in [-0.3, -0.25) is 0 Å². The molecule has 0 unspecified atom stereocenters. The van der Waals surface area contributed by atoms with Crippen LogP contribution < -0.4 is 5.23 Å². The molecule has 0 atom stereocenters. The van der Waals surface area contributed by atoms with Gasteiger partial charge in [0.25, 0.3) is 0 Å². The fourth-order valence-corrected chi connectivity index (χ4v) is 1.52. The minimum absolute atomic E-state index is 0.517. The van der Waals surface area contributed by atoms with Gasteiger partial charge in [-0.05, 0) is 29.7 Å². The highest BCUT2D eigenvalue weighted by molar-refractivity contribution is 6.52. The Morgan fingerprint density at radius 1 is 1.07 bits per heavy atom. The molecule has 70 valence electrons. The molecule has 0 spiro atoms. The van der Waals surface area contributed by atoms with Crippen LogP contribution >= 0.6 is 0 Å². The lowest BCUT2D eigenvalue weighted by molar-refractivity contribution is 0.587. The maximum absolute atomic E-state index is 9.17. The molecule has 0 aromatic heterocycles. The van der Waals surface area contributed by atoms with E-state index in [4.69, 9.17) is 5.02 Å². The van der Waals surface area contributed by atoms with Crippen molar-refractivity contribution in [3.8, 4) is 0 Å². The molecule has 0 bridgehead atoms. The fourth-order valence-electron chi connectivity index (χ4n) is 1.52. The third-order valence-electron chi connectivity index (χ3n) is 2.13. The smallest absolute Gasteiger partial charge is 0.406 e. The molecule has 0 aliphatic carbocycles. The Hall–Kier alpha value is -1.48. The topological polar surface area (TPSA) is 32.3 Å². The van der Waals surface area contributed by atoms with Gasteiger partial charge in [0.05, 0.1) is 0 Å². The largest absolute Gasteiger partial charge is 0.433 e. The summed E-state index contributed by atoms with van der Waals surface area (Å²) < 4.78 is 0. The first-order valence-electron chi connectivity index (χ1n) is 4.69. The van der Waals surface area contributed by atoms with Gasteiger partial charge in [0.15, 0.2) is 0 Å². The molecule has 2 aromatic carbocycles. The molecule has 14 heavy (non-hydrogen) atoms. The lowest BCUT2D eigenvalue weighted by Gasteiger charge is -2.06. The van der Waals surface area contributed by atoms with E-state index in [-0.39, 0.29) is 0 Å². The van der Waals surface area contributed by atoms with Crippen LogP contribution in [0.4, 0.5) is 5.69 Å². The summed E-state index contributed by atoms with van der Waals surface area (Å²) in [6.07, 6.45) is 0. The minimum atomic E-state index is -0.517. The zero-order valence-electron chi connectivity index (χ0n) is 8.07. The summed E-state index contributed by atoms with van der Waals surface area (Å²) in [5.74, 6) is 0. The predicted molar refractivity (Wildman–Crippen MR) is 61.4 cm³/mol. The van der Waals surface area contributed by atoms with Crippen molar-refractivity contribution in [3.63, 3.8) is 0 Å². The van der Waals surface area contributed by atoms with Crippen LogP contribution in [0.5, 0.6) is 0 Å². The second-order valence-electron chi connectivity index (χ2n) is 3.38. The van der Waals surface area contributed by atoms with Gasteiger partial charge >= 0.3 is 7.05 Å². The number of rotatable bonds is 2. The molecular weight excluding hydrogens is 173 g/mol. The Balaban J connectivity index is 2.41. The summed E-state index contributed by atoms with van der Waals surface area (Å²) in [7, 11) is -0.517. The fraction of sp³-hybridized carbons (Fsp3) is 0.0909. The van der Waals surface area contributed by atoms with Crippen molar-refractivity contribution in [1.29, 1.82) is 0 Å². The number of anilines is 1. The Morgan fingerprint density at radius 2 is 1.79 bits per heavy atom. The quantitative estimate of drug-likeness (QED) is 0.703. The highest BCUT2D eigenvalue weighted by atomic mass is 16.2. The summed E-state index contributed by atoms with van der Waals surface area (Å²) in [5, 5.41) is 14.5. The summed E-state index contributed by atoms with van der Waals surface area (Å²) >= 11 is 0. The molecule has 2 nitrogen and oxygen atoms in total. The Kier molecular flexibility index (Phi) is 2.42. The molecule has 0 saturated carbocycles. The van der Waals surface area contributed by atoms with Gasteiger partial charge in [-0.25, -0.2) is 0 Å². The van der Waals surface area contributed by atoms with Crippen LogP contribution in [-0.4, -0.2) is 12.1 Å². The summed E-state index contributed by atoms with van der Waals surface area (Å²) in [5.41, 5.74) is 0.943. The number of hydrogen-bond acceptors (Lipinski definition) is 2. The molecule has 0 radical (unpaired) electrons. The van der Waals surface area contributed by atoms with Crippen molar-refractivity contribution in [2.45, 2.75) is 6.82 Å². The van der Waals surface area contributed by atoms with Crippen LogP contribution in [0.15, 0.2) is 42.5 Å². The van der Waals surface area contributed by atoms with Crippen molar-refractivity contribution in [2.75, 3.05) is 5.23 Å². The standard InChI is InChI=1S/C11H12BNO/c1-12(14)13-11-7-6-9-4-2-3-5-10(9)8-11/h2-8,13-14H,1H3. The van der Waals surface area contributed by atoms with Crippen LogP contribution in [0.3, 0.4) is 0 Å². The van der Waals surface area contributed by atoms with E-state index in [1.54, 1.807) is 6.82 Å². The van der Waals surface area contributed by atoms with Gasteiger partial charge in [0.1, 0.15) is 0 Å². The minimum Gasteiger partial charge on any atom is -0.433 e. The first-order valence-corrected chi connectivity index (χ1v) is 4.69. The van der Waals surface area contributed by atoms with E-state index in [0.717, 1.165) is 5.69 Å². The van der Waals surface area contributed by atoms with E-state index in [1.807, 2.05) is 30.3 Å². The normalized spacial score (nSPS) is 10.1.